The van der Waals surface area contributed by atoms with Crippen LogP contribution in [0.3, 0.4) is 0 Å². The third kappa shape index (κ3) is 4.42. The quantitative estimate of drug-likeness (QED) is 0.294. The molecule has 5 atom stereocenters. The Morgan fingerprint density at radius 2 is 1.57 bits per heavy atom. The van der Waals surface area contributed by atoms with Crippen LogP contribution in [-0.4, -0.2) is 101 Å². The summed E-state index contributed by atoms with van der Waals surface area (Å²) in [5.74, 6) is 0. The Morgan fingerprint density at radius 1 is 0.857 bits per heavy atom. The van der Waals surface area contributed by atoms with Crippen molar-refractivity contribution in [2.75, 3.05) is 6.61 Å². The average Bonchev–Trinajstić information content (AvgIpc) is 3.46. The fraction of sp³-hybridized carbons (Fsp3) is 0.368. The monoisotopic (exact) mass is 584 g/mol. The molecular weight excluding hydrogens is 561 g/mol. The molecule has 28 heavy (non-hydrogen) atoms. The van der Waals surface area contributed by atoms with Gasteiger partial charge in [-0.1, -0.05) is 0 Å². The number of hydrogen-bond acceptors (Lipinski definition) is 6. The second-order valence-electron chi connectivity index (χ2n) is 6.42. The summed E-state index contributed by atoms with van der Waals surface area (Å²) >= 11 is 0.960. The van der Waals surface area contributed by atoms with Gasteiger partial charge in [0.1, 0.15) is 0 Å². The van der Waals surface area contributed by atoms with Gasteiger partial charge in [0.15, 0.2) is 0 Å². The summed E-state index contributed by atoms with van der Waals surface area (Å²) in [6.07, 6.45) is -6.17. The second kappa shape index (κ2) is 9.27. The van der Waals surface area contributed by atoms with Gasteiger partial charge in [0.05, 0.1) is 0 Å². The fourth-order valence-corrected chi connectivity index (χ4v) is 9.78. The molecule has 3 aromatic rings. The van der Waals surface area contributed by atoms with E-state index in [0.29, 0.717) is 29.0 Å². The number of hydrogen-bond donors (Lipinski definition) is 4. The van der Waals surface area contributed by atoms with E-state index in [2.05, 4.69) is 41.3 Å². The molecule has 0 bridgehead atoms. The van der Waals surface area contributed by atoms with Crippen LogP contribution in [0, 0.1) is 0 Å². The van der Waals surface area contributed by atoms with Gasteiger partial charge in [-0.15, -0.1) is 0 Å². The van der Waals surface area contributed by atoms with Gasteiger partial charge in [-0.05, 0) is 0 Å². The molecule has 1 fully saturated rings. The van der Waals surface area contributed by atoms with Gasteiger partial charge in [-0.2, -0.15) is 0 Å². The van der Waals surface area contributed by atoms with E-state index < -0.39 is 37.3 Å². The number of aliphatic hydroxyl groups excluding tert-OH is 4. The van der Waals surface area contributed by atoms with E-state index in [1.807, 2.05) is 0 Å². The zero-order chi connectivity index (χ0) is 19.7. The van der Waals surface area contributed by atoms with Crippen molar-refractivity contribution in [2.45, 2.75) is 37.3 Å². The number of ether oxygens (including phenoxy) is 2. The van der Waals surface area contributed by atoms with Crippen molar-refractivity contribution in [3.8, 4) is 17.7 Å². The van der Waals surface area contributed by atoms with E-state index >= 15 is 0 Å². The van der Waals surface area contributed by atoms with Crippen LogP contribution in [0.1, 0.15) is 4.44 Å². The second-order valence-corrected chi connectivity index (χ2v) is 13.1. The third-order valence-electron chi connectivity index (χ3n) is 4.51. The Hall–Kier alpha value is -0.242. The van der Waals surface area contributed by atoms with Crippen LogP contribution in [-0.2, 0) is 16.1 Å². The van der Waals surface area contributed by atoms with Gasteiger partial charge >= 0.3 is 181 Å². The SMILES string of the molecule is OCC1OC(OCc2ccc(-c3ccc(-c4ccc[se]4)[se]3)[se]2)C(O)C(O)C1O. The summed E-state index contributed by atoms with van der Waals surface area (Å²) in [5.41, 5.74) is 0. The molecule has 4 rings (SSSR count). The molecule has 0 saturated carbocycles. The van der Waals surface area contributed by atoms with Crippen LogP contribution < -0.4 is 0 Å². The van der Waals surface area contributed by atoms with Gasteiger partial charge in [0, 0.05) is 0 Å². The zero-order valence-corrected chi connectivity index (χ0v) is 19.8. The van der Waals surface area contributed by atoms with Crippen molar-refractivity contribution in [3.05, 3.63) is 45.8 Å². The summed E-state index contributed by atoms with van der Waals surface area (Å²) in [6, 6.07) is 13.0. The Labute approximate surface area is 180 Å². The average molecular weight is 581 g/mol. The predicted molar refractivity (Wildman–Crippen MR) is 107 cm³/mol. The number of rotatable bonds is 6. The first-order valence-electron chi connectivity index (χ1n) is 8.71. The molecule has 6 nitrogen and oxygen atoms in total. The first-order valence-corrected chi connectivity index (χ1v) is 14.0. The summed E-state index contributed by atoms with van der Waals surface area (Å²) in [4.78, 5) is 2.24. The van der Waals surface area contributed by atoms with Crippen LogP contribution in [0.25, 0.3) is 17.7 Å². The van der Waals surface area contributed by atoms with E-state index in [0.717, 1.165) is 4.44 Å². The molecule has 0 aromatic carbocycles. The van der Waals surface area contributed by atoms with Crippen LogP contribution in [0.4, 0.5) is 0 Å². The maximum absolute atomic E-state index is 10.1. The normalized spacial score (nSPS) is 27.9. The standard InChI is InChI=1S/C19H20O6Se3/c20-8-11-16(21)17(22)18(23)19(25-11)24-9-10-3-4-14(27-10)15-6-5-13(28-15)12-2-1-7-26-12/h1-7,11,16-23H,8-9H2. The van der Waals surface area contributed by atoms with Gasteiger partial charge < -0.3 is 0 Å². The van der Waals surface area contributed by atoms with E-state index in [1.165, 1.54) is 17.7 Å². The minimum absolute atomic E-state index is 0.151. The van der Waals surface area contributed by atoms with Gasteiger partial charge in [0.2, 0.25) is 0 Å². The molecule has 1 saturated heterocycles. The van der Waals surface area contributed by atoms with Crippen LogP contribution in [0.15, 0.2) is 41.3 Å². The molecule has 150 valence electrons. The molecule has 5 unspecified atom stereocenters. The van der Waals surface area contributed by atoms with Crippen molar-refractivity contribution in [1.29, 1.82) is 0 Å². The van der Waals surface area contributed by atoms with Crippen LogP contribution in [0.2, 0.25) is 0 Å². The van der Waals surface area contributed by atoms with E-state index in [9.17, 15) is 20.4 Å². The Kier molecular flexibility index (Phi) is 6.96. The third-order valence-corrected chi connectivity index (χ3v) is 12.4. The molecule has 4 N–H and O–H groups in total. The minimum atomic E-state index is -1.41. The van der Waals surface area contributed by atoms with Crippen molar-refractivity contribution in [1.82, 2.24) is 0 Å². The van der Waals surface area contributed by atoms with Gasteiger partial charge in [-0.3, -0.25) is 0 Å². The Bertz CT molecular complexity index is 887. The molecule has 3 aromatic heterocycles. The van der Waals surface area contributed by atoms with Gasteiger partial charge in [0.25, 0.3) is 0 Å². The molecule has 1 aliphatic heterocycles. The zero-order valence-electron chi connectivity index (χ0n) is 14.7. The number of aliphatic hydroxyl groups is 4. The molecular formula is C19H20O6Se3. The van der Waals surface area contributed by atoms with Gasteiger partial charge in [-0.25, -0.2) is 0 Å². The molecule has 0 amide bonds. The Balaban J connectivity index is 1.40. The topological polar surface area (TPSA) is 99.4 Å². The first kappa shape index (κ1) is 21.0. The van der Waals surface area contributed by atoms with Crippen molar-refractivity contribution < 1.29 is 29.9 Å². The summed E-state index contributed by atoms with van der Waals surface area (Å²) in [7, 11) is 0. The molecule has 4 heterocycles. The molecule has 0 radical (unpaired) electrons. The summed E-state index contributed by atoms with van der Waals surface area (Å²) in [5, 5.41) is 39.0. The molecule has 9 heteroatoms. The van der Waals surface area contributed by atoms with Crippen molar-refractivity contribution in [3.63, 3.8) is 0 Å². The molecule has 0 spiro atoms. The van der Waals surface area contributed by atoms with Crippen molar-refractivity contribution >= 4 is 43.5 Å². The van der Waals surface area contributed by atoms with E-state index in [-0.39, 0.29) is 21.1 Å². The van der Waals surface area contributed by atoms with Crippen LogP contribution in [0.5, 0.6) is 0 Å². The summed E-state index contributed by atoms with van der Waals surface area (Å²) < 4.78 is 17.9. The fourth-order valence-electron chi connectivity index (χ4n) is 2.98. The van der Waals surface area contributed by atoms with E-state index in [4.69, 9.17) is 9.47 Å². The predicted octanol–water partition coefficient (Wildman–Crippen LogP) is -0.492. The first-order chi connectivity index (χ1) is 13.6. The Morgan fingerprint density at radius 3 is 2.29 bits per heavy atom. The van der Waals surface area contributed by atoms with Crippen LogP contribution >= 0.6 is 0 Å². The molecule has 0 aliphatic carbocycles. The van der Waals surface area contributed by atoms with E-state index in [1.54, 1.807) is 0 Å². The molecule has 1 aliphatic rings. The van der Waals surface area contributed by atoms with Crippen molar-refractivity contribution in [2.24, 2.45) is 0 Å². The summed E-state index contributed by atoms with van der Waals surface area (Å²) in [6.45, 7) is -0.177. The maximum atomic E-state index is 10.1.